The number of halogens is 3. The molecule has 0 unspecified atom stereocenters. The van der Waals surface area contributed by atoms with Gasteiger partial charge in [0.15, 0.2) is 10.9 Å². The monoisotopic (exact) mass is 468 g/mol. The van der Waals surface area contributed by atoms with Gasteiger partial charge in [-0.25, -0.2) is 0 Å². The van der Waals surface area contributed by atoms with Crippen LogP contribution in [0.3, 0.4) is 0 Å². The molecule has 0 radical (unpaired) electrons. The highest BCUT2D eigenvalue weighted by Gasteiger charge is 2.10. The van der Waals surface area contributed by atoms with Crippen LogP contribution in [-0.2, 0) is 6.54 Å². The van der Waals surface area contributed by atoms with Crippen LogP contribution in [-0.4, -0.2) is 14.9 Å². The van der Waals surface area contributed by atoms with Gasteiger partial charge >= 0.3 is 0 Å². The fraction of sp³-hybridized carbons (Fsp3) is 0.111. The molecule has 0 spiro atoms. The molecule has 0 bridgehead atoms. The van der Waals surface area contributed by atoms with Gasteiger partial charge in [0.25, 0.3) is 0 Å². The van der Waals surface area contributed by atoms with Crippen molar-refractivity contribution in [3.05, 3.63) is 74.3 Å². The van der Waals surface area contributed by atoms with Crippen molar-refractivity contribution in [2.45, 2.75) is 13.5 Å². The van der Waals surface area contributed by atoms with Crippen molar-refractivity contribution in [1.29, 1.82) is 0 Å². The minimum absolute atomic E-state index is 0.472. The number of aryl methyl sites for hydroxylation is 1. The van der Waals surface area contributed by atoms with E-state index < -0.39 is 0 Å². The summed E-state index contributed by atoms with van der Waals surface area (Å²) in [5.74, 6) is 0.635. The second-order valence-electron chi connectivity index (χ2n) is 5.67. The Hall–Kier alpha value is -1.60. The van der Waals surface area contributed by atoms with E-state index in [9.17, 15) is 0 Å². The van der Waals surface area contributed by atoms with Gasteiger partial charge in [-0.3, -0.25) is 4.68 Å². The van der Waals surface area contributed by atoms with E-state index in [1.807, 2.05) is 49.5 Å². The van der Waals surface area contributed by atoms with Crippen LogP contribution in [0, 0.1) is 6.92 Å². The number of anilines is 2. The largest absolute Gasteiger partial charge is 0.332 e. The van der Waals surface area contributed by atoms with Crippen molar-refractivity contribution in [2.24, 2.45) is 0 Å². The number of rotatable bonds is 4. The molecule has 3 rings (SSSR count). The van der Waals surface area contributed by atoms with Crippen molar-refractivity contribution >= 4 is 68.0 Å². The van der Waals surface area contributed by atoms with E-state index in [2.05, 4.69) is 31.7 Å². The molecule has 0 amide bonds. The van der Waals surface area contributed by atoms with E-state index in [0.717, 1.165) is 21.3 Å². The molecule has 1 heterocycles. The van der Waals surface area contributed by atoms with Gasteiger partial charge in [-0.05, 0) is 64.4 Å². The third kappa shape index (κ3) is 4.76. The lowest BCUT2D eigenvalue weighted by atomic mass is 10.2. The average Bonchev–Trinajstić information content (AvgIpc) is 2.92. The molecule has 4 nitrogen and oxygen atoms in total. The van der Waals surface area contributed by atoms with E-state index in [4.69, 9.17) is 35.4 Å². The van der Waals surface area contributed by atoms with Gasteiger partial charge in [0, 0.05) is 11.9 Å². The average molecular weight is 470 g/mol. The van der Waals surface area contributed by atoms with Crippen LogP contribution in [0.4, 0.5) is 11.5 Å². The van der Waals surface area contributed by atoms with Crippen LogP contribution >= 0.6 is 51.3 Å². The maximum Gasteiger partial charge on any atom is 0.176 e. The second-order valence-corrected chi connectivity index (χ2v) is 7.74. The first kappa shape index (κ1) is 19.2. The first-order valence-corrected chi connectivity index (χ1v) is 9.68. The number of hydrogen-bond donors (Lipinski definition) is 2. The summed E-state index contributed by atoms with van der Waals surface area (Å²) in [4.78, 5) is 0. The first-order chi connectivity index (χ1) is 12.4. The van der Waals surface area contributed by atoms with E-state index in [1.165, 1.54) is 0 Å². The minimum Gasteiger partial charge on any atom is -0.332 e. The highest BCUT2D eigenvalue weighted by Crippen LogP contribution is 2.25. The highest BCUT2D eigenvalue weighted by atomic mass is 79.9. The molecule has 26 heavy (non-hydrogen) atoms. The zero-order valence-electron chi connectivity index (χ0n) is 13.8. The molecule has 0 aliphatic carbocycles. The maximum atomic E-state index is 6.07. The Morgan fingerprint density at radius 3 is 2.65 bits per heavy atom. The predicted molar refractivity (Wildman–Crippen MR) is 117 cm³/mol. The summed E-state index contributed by atoms with van der Waals surface area (Å²) < 4.78 is 2.61. The molecule has 1 aromatic heterocycles. The summed E-state index contributed by atoms with van der Waals surface area (Å²) in [6.07, 6.45) is 1.88. The third-order valence-corrected chi connectivity index (χ3v) is 5.19. The van der Waals surface area contributed by atoms with Gasteiger partial charge < -0.3 is 10.6 Å². The van der Waals surface area contributed by atoms with E-state index >= 15 is 0 Å². The summed E-state index contributed by atoms with van der Waals surface area (Å²) in [7, 11) is 0. The predicted octanol–water partition coefficient (Wildman–Crippen LogP) is 6.12. The third-order valence-electron chi connectivity index (χ3n) is 3.67. The van der Waals surface area contributed by atoms with Gasteiger partial charge in [0.2, 0.25) is 0 Å². The number of aromatic nitrogens is 2. The van der Waals surface area contributed by atoms with Gasteiger partial charge in [-0.15, -0.1) is 0 Å². The topological polar surface area (TPSA) is 41.9 Å². The molecular weight excluding hydrogens is 455 g/mol. The van der Waals surface area contributed by atoms with E-state index in [0.29, 0.717) is 27.5 Å². The SMILES string of the molecule is Cc1ccccc1NC(=S)Nc1nn(Cc2ccc(Cl)c(Cl)c2)cc1Br. The summed E-state index contributed by atoms with van der Waals surface area (Å²) >= 11 is 20.9. The normalized spacial score (nSPS) is 10.6. The van der Waals surface area contributed by atoms with Crippen molar-refractivity contribution < 1.29 is 0 Å². The lowest BCUT2D eigenvalue weighted by Gasteiger charge is -2.11. The fourth-order valence-corrected chi connectivity index (χ4v) is 3.30. The standard InChI is InChI=1S/C18H15BrCl2N4S/c1-11-4-2-3-5-16(11)22-18(26)23-17-13(19)10-25(24-17)9-12-6-7-14(20)15(21)8-12/h2-8,10H,9H2,1H3,(H2,22,23,24,26). The van der Waals surface area contributed by atoms with E-state index in [-0.39, 0.29) is 0 Å². The van der Waals surface area contributed by atoms with Crippen LogP contribution in [0.2, 0.25) is 10.0 Å². The number of para-hydroxylation sites is 1. The van der Waals surface area contributed by atoms with Gasteiger partial charge in [-0.1, -0.05) is 47.5 Å². The highest BCUT2D eigenvalue weighted by molar-refractivity contribution is 9.10. The number of nitrogens with zero attached hydrogens (tertiary/aromatic N) is 2. The molecular formula is C18H15BrCl2N4S. The second kappa shape index (κ2) is 8.39. The van der Waals surface area contributed by atoms with Gasteiger partial charge in [0.1, 0.15) is 0 Å². The molecule has 0 aliphatic heterocycles. The summed E-state index contributed by atoms with van der Waals surface area (Å²) in [5.41, 5.74) is 3.07. The van der Waals surface area contributed by atoms with Crippen LogP contribution in [0.15, 0.2) is 53.1 Å². The van der Waals surface area contributed by atoms with Crippen LogP contribution in [0.25, 0.3) is 0 Å². The Kier molecular flexibility index (Phi) is 6.19. The molecule has 3 aromatic rings. The van der Waals surface area contributed by atoms with Gasteiger partial charge in [-0.2, -0.15) is 5.10 Å². The summed E-state index contributed by atoms with van der Waals surface area (Å²) in [6.45, 7) is 2.59. The molecule has 2 N–H and O–H groups in total. The minimum atomic E-state index is 0.472. The fourth-order valence-electron chi connectivity index (χ4n) is 2.36. The summed E-state index contributed by atoms with van der Waals surface area (Å²) in [5, 5.41) is 12.3. The van der Waals surface area contributed by atoms with Crippen molar-refractivity contribution in [3.8, 4) is 0 Å². The van der Waals surface area contributed by atoms with Crippen molar-refractivity contribution in [1.82, 2.24) is 9.78 Å². The molecule has 0 saturated carbocycles. The quantitative estimate of drug-likeness (QED) is 0.451. The van der Waals surface area contributed by atoms with E-state index in [1.54, 1.807) is 10.7 Å². The molecule has 0 atom stereocenters. The lowest BCUT2D eigenvalue weighted by molar-refractivity contribution is 0.689. The Balaban J connectivity index is 1.68. The Labute approximate surface area is 175 Å². The van der Waals surface area contributed by atoms with Crippen LogP contribution < -0.4 is 10.6 Å². The first-order valence-electron chi connectivity index (χ1n) is 7.73. The molecule has 134 valence electrons. The van der Waals surface area contributed by atoms with Crippen LogP contribution in [0.1, 0.15) is 11.1 Å². The molecule has 0 saturated heterocycles. The zero-order chi connectivity index (χ0) is 18.7. The number of hydrogen-bond acceptors (Lipinski definition) is 2. The lowest BCUT2D eigenvalue weighted by Crippen LogP contribution is -2.20. The van der Waals surface area contributed by atoms with Gasteiger partial charge in [0.05, 0.1) is 21.1 Å². The molecule has 0 fully saturated rings. The smallest absolute Gasteiger partial charge is 0.176 e. The Morgan fingerprint density at radius 2 is 1.92 bits per heavy atom. The van der Waals surface area contributed by atoms with Crippen LogP contribution in [0.5, 0.6) is 0 Å². The summed E-state index contributed by atoms with van der Waals surface area (Å²) in [6, 6.07) is 13.5. The zero-order valence-corrected chi connectivity index (χ0v) is 17.7. The number of nitrogens with one attached hydrogen (secondary N) is 2. The Bertz CT molecular complexity index is 958. The van der Waals surface area contributed by atoms with Crippen molar-refractivity contribution in [3.63, 3.8) is 0 Å². The molecule has 8 heteroatoms. The molecule has 0 aliphatic rings. The van der Waals surface area contributed by atoms with Crippen molar-refractivity contribution in [2.75, 3.05) is 10.6 Å². The maximum absolute atomic E-state index is 6.07. The number of benzene rings is 2. The Morgan fingerprint density at radius 1 is 1.15 bits per heavy atom. The molecule has 2 aromatic carbocycles. The number of thiocarbonyl (C=S) groups is 1.